The van der Waals surface area contributed by atoms with Crippen molar-refractivity contribution in [3.05, 3.63) is 0 Å². The maximum absolute atomic E-state index is 12.6. The predicted octanol–water partition coefficient (Wildman–Crippen LogP) is 3.31. The van der Waals surface area contributed by atoms with Crippen LogP contribution in [0.25, 0.3) is 0 Å². The molecule has 5 aliphatic rings. The van der Waals surface area contributed by atoms with Crippen LogP contribution in [0.2, 0.25) is 0 Å². The topological polar surface area (TPSA) is 70.9 Å². The average molecular weight is 389 g/mol. The summed E-state index contributed by atoms with van der Waals surface area (Å²) in [5.74, 6) is 2.80. The molecule has 0 spiro atoms. The minimum Gasteiger partial charge on any atom is -0.396 e. The number of nitrogens with zero attached hydrogens (tertiary/aromatic N) is 1. The van der Waals surface area contributed by atoms with Crippen LogP contribution in [0.5, 0.6) is 0 Å². The fraction of sp³-hybridized carbons (Fsp3) is 0.913. The van der Waals surface area contributed by atoms with Crippen molar-refractivity contribution in [3.63, 3.8) is 0 Å². The number of hydrogen-bond donors (Lipinski definition) is 2. The zero-order chi connectivity index (χ0) is 19.4. The number of carbonyl (C=O) groups excluding carboxylic acids is 1. The molecular weight excluding hydrogens is 352 g/mol. The van der Waals surface area contributed by atoms with Crippen LogP contribution in [-0.4, -0.2) is 42.4 Å². The molecule has 0 aromatic heterocycles. The summed E-state index contributed by atoms with van der Waals surface area (Å²) in [6.45, 7) is 4.47. The highest BCUT2D eigenvalue weighted by Crippen LogP contribution is 2.65. The second-order valence-electron chi connectivity index (χ2n) is 10.5. The van der Waals surface area contributed by atoms with Crippen LogP contribution in [-0.2, 0) is 9.63 Å². The summed E-state index contributed by atoms with van der Waals surface area (Å²) < 4.78 is 0. The minimum absolute atomic E-state index is 0.0455. The molecule has 5 rings (SSSR count). The van der Waals surface area contributed by atoms with E-state index >= 15 is 0 Å². The predicted molar refractivity (Wildman–Crippen MR) is 108 cm³/mol. The van der Waals surface area contributed by atoms with E-state index in [9.17, 15) is 9.90 Å². The van der Waals surface area contributed by atoms with Gasteiger partial charge in [-0.1, -0.05) is 12.1 Å². The zero-order valence-electron chi connectivity index (χ0n) is 17.3. The number of nitrogens with one attached hydrogen (secondary N) is 1. The Labute approximate surface area is 168 Å². The van der Waals surface area contributed by atoms with Gasteiger partial charge >= 0.3 is 0 Å². The molecule has 4 aliphatic carbocycles. The van der Waals surface area contributed by atoms with Crippen molar-refractivity contribution in [1.82, 2.24) is 5.32 Å². The number of rotatable bonds is 3. The number of fused-ring (bicyclic) bond motifs is 5. The fourth-order valence-electron chi connectivity index (χ4n) is 7.89. The highest BCUT2D eigenvalue weighted by molar-refractivity contribution is 5.87. The largest absolute Gasteiger partial charge is 0.396 e. The van der Waals surface area contributed by atoms with Crippen LogP contribution < -0.4 is 5.32 Å². The fourth-order valence-corrected chi connectivity index (χ4v) is 7.89. The third-order valence-electron chi connectivity index (χ3n) is 9.55. The molecule has 5 heteroatoms. The lowest BCUT2D eigenvalue weighted by Gasteiger charge is -2.60. The number of aliphatic hydroxyl groups is 1. The maximum atomic E-state index is 12.6. The molecule has 156 valence electrons. The summed E-state index contributed by atoms with van der Waals surface area (Å²) in [5.41, 5.74) is 1.18. The molecule has 0 bridgehead atoms. The Morgan fingerprint density at radius 2 is 2.04 bits per heavy atom. The molecule has 0 radical (unpaired) electrons. The van der Waals surface area contributed by atoms with Gasteiger partial charge in [-0.15, -0.1) is 0 Å². The van der Waals surface area contributed by atoms with Crippen LogP contribution in [0.4, 0.5) is 0 Å². The lowest BCUT2D eigenvalue weighted by atomic mass is 9.45. The smallest absolute Gasteiger partial charge is 0.141 e. The molecule has 5 nitrogen and oxygen atoms in total. The Morgan fingerprint density at radius 3 is 2.82 bits per heavy atom. The molecular formula is C23H36N2O3. The van der Waals surface area contributed by atoms with E-state index in [2.05, 4.69) is 17.4 Å². The van der Waals surface area contributed by atoms with E-state index in [4.69, 9.17) is 4.84 Å². The second-order valence-corrected chi connectivity index (χ2v) is 10.5. The molecule has 7 atom stereocenters. The van der Waals surface area contributed by atoms with Gasteiger partial charge in [-0.2, -0.15) is 0 Å². The molecule has 4 saturated carbocycles. The molecule has 1 saturated heterocycles. The summed E-state index contributed by atoms with van der Waals surface area (Å²) in [5, 5.41) is 18.5. The van der Waals surface area contributed by atoms with Gasteiger partial charge in [-0.3, -0.25) is 4.79 Å². The normalized spacial score (nSPS) is 49.6. The van der Waals surface area contributed by atoms with Crippen molar-refractivity contribution < 1.29 is 14.7 Å². The monoisotopic (exact) mass is 388 g/mol. The molecule has 3 unspecified atom stereocenters. The maximum Gasteiger partial charge on any atom is 0.141 e. The van der Waals surface area contributed by atoms with Crippen LogP contribution in [0, 0.1) is 34.5 Å². The van der Waals surface area contributed by atoms with Crippen LogP contribution in [0.3, 0.4) is 0 Å². The van der Waals surface area contributed by atoms with Crippen LogP contribution in [0.1, 0.15) is 71.1 Å². The Hall–Kier alpha value is -0.940. The van der Waals surface area contributed by atoms with Gasteiger partial charge in [0.2, 0.25) is 0 Å². The van der Waals surface area contributed by atoms with Crippen LogP contribution >= 0.6 is 0 Å². The van der Waals surface area contributed by atoms with Gasteiger partial charge in [0, 0.05) is 36.8 Å². The van der Waals surface area contributed by atoms with Crippen molar-refractivity contribution >= 4 is 11.5 Å². The second kappa shape index (κ2) is 7.09. The summed E-state index contributed by atoms with van der Waals surface area (Å²) >= 11 is 0. The number of aliphatic hydroxyl groups excluding tert-OH is 1. The van der Waals surface area contributed by atoms with E-state index < -0.39 is 0 Å². The minimum atomic E-state index is -0.0743. The third-order valence-corrected chi connectivity index (χ3v) is 9.55. The van der Waals surface area contributed by atoms with E-state index in [0.29, 0.717) is 36.1 Å². The molecule has 5 fully saturated rings. The Kier molecular flexibility index (Phi) is 4.82. The third kappa shape index (κ3) is 2.79. The summed E-state index contributed by atoms with van der Waals surface area (Å²) in [6, 6.07) is 0. The Bertz CT molecular complexity index is 658. The Balaban J connectivity index is 1.33. The number of carbonyl (C=O) groups is 1. The number of ketones is 1. The van der Waals surface area contributed by atoms with E-state index in [0.717, 1.165) is 64.5 Å². The SMILES string of the molecule is C[C@]12CCC3C(CC[C@H]4C/C(=N\O[C@H]5CCNC5)CC[C@]34CO)C1CCC2=O. The van der Waals surface area contributed by atoms with Crippen molar-refractivity contribution in [2.75, 3.05) is 19.7 Å². The van der Waals surface area contributed by atoms with Crippen molar-refractivity contribution in [1.29, 1.82) is 0 Å². The quantitative estimate of drug-likeness (QED) is 0.728. The molecule has 2 N–H and O–H groups in total. The number of oxime groups is 1. The van der Waals surface area contributed by atoms with Gasteiger partial charge in [0.1, 0.15) is 11.9 Å². The van der Waals surface area contributed by atoms with Gasteiger partial charge in [-0.05, 0) is 81.6 Å². The molecule has 0 aromatic carbocycles. The van der Waals surface area contributed by atoms with Crippen molar-refractivity contribution in [2.45, 2.75) is 77.2 Å². The van der Waals surface area contributed by atoms with E-state index in [1.54, 1.807) is 0 Å². The zero-order valence-corrected chi connectivity index (χ0v) is 17.3. The first-order valence-electron chi connectivity index (χ1n) is 11.6. The number of hydrogen-bond acceptors (Lipinski definition) is 5. The van der Waals surface area contributed by atoms with Crippen molar-refractivity contribution in [2.24, 2.45) is 39.7 Å². The summed E-state index contributed by atoms with van der Waals surface area (Å²) in [7, 11) is 0. The summed E-state index contributed by atoms with van der Waals surface area (Å²) in [4.78, 5) is 18.4. The molecule has 1 heterocycles. The first kappa shape index (κ1) is 19.0. The Morgan fingerprint density at radius 1 is 1.14 bits per heavy atom. The highest BCUT2D eigenvalue weighted by atomic mass is 16.6. The highest BCUT2D eigenvalue weighted by Gasteiger charge is 2.61. The van der Waals surface area contributed by atoms with Gasteiger partial charge in [-0.25, -0.2) is 0 Å². The standard InChI is InChI=1S/C23H36N2O3/c1-22-9-7-20-18(19(22)4-5-21(22)27)3-2-15-12-16(6-10-23(15,20)14-26)25-28-17-8-11-24-13-17/h15,17-20,24,26H,2-14H2,1H3/b25-16-/t15-,17-,18?,19?,20?,22-,23+/m0/s1. The molecule has 0 aromatic rings. The van der Waals surface area contributed by atoms with E-state index in [1.165, 1.54) is 18.6 Å². The average Bonchev–Trinajstić information content (AvgIpc) is 3.34. The van der Waals surface area contributed by atoms with Gasteiger partial charge in [0.15, 0.2) is 0 Å². The van der Waals surface area contributed by atoms with Crippen LogP contribution in [0.15, 0.2) is 5.16 Å². The lowest BCUT2D eigenvalue weighted by molar-refractivity contribution is -0.143. The van der Waals surface area contributed by atoms with E-state index in [1.807, 2.05) is 0 Å². The molecule has 1 aliphatic heterocycles. The van der Waals surface area contributed by atoms with Gasteiger partial charge < -0.3 is 15.3 Å². The number of Topliss-reactive ketones (excluding diaryl/α,β-unsaturated/α-hetero) is 1. The summed E-state index contributed by atoms with van der Waals surface area (Å²) in [6.07, 6.45) is 10.7. The van der Waals surface area contributed by atoms with Gasteiger partial charge in [0.05, 0.1) is 5.71 Å². The lowest BCUT2D eigenvalue weighted by Crippen LogP contribution is -2.56. The van der Waals surface area contributed by atoms with E-state index in [-0.39, 0.29) is 16.9 Å². The molecule has 28 heavy (non-hydrogen) atoms. The first-order chi connectivity index (χ1) is 13.6. The van der Waals surface area contributed by atoms with Crippen molar-refractivity contribution in [3.8, 4) is 0 Å². The first-order valence-corrected chi connectivity index (χ1v) is 11.6. The van der Waals surface area contributed by atoms with Gasteiger partial charge in [0.25, 0.3) is 0 Å². The molecule has 0 amide bonds.